The number of carbonyl (C=O) groups is 2. The highest BCUT2D eigenvalue weighted by Gasteiger charge is 2.64. The summed E-state index contributed by atoms with van der Waals surface area (Å²) in [6.07, 6.45) is 1.52. The van der Waals surface area contributed by atoms with E-state index in [2.05, 4.69) is 67.2 Å². The van der Waals surface area contributed by atoms with Crippen molar-refractivity contribution in [3.63, 3.8) is 0 Å². The molecule has 0 saturated carbocycles. The van der Waals surface area contributed by atoms with Gasteiger partial charge in [-0.2, -0.15) is 0 Å². The second kappa shape index (κ2) is 12.3. The van der Waals surface area contributed by atoms with Crippen molar-refractivity contribution >= 4 is 11.9 Å². The molecule has 10 rings (SSSR count). The Kier molecular flexibility index (Phi) is 7.59. The van der Waals surface area contributed by atoms with Crippen LogP contribution >= 0.6 is 0 Å². The molecule has 0 amide bonds. The molecule has 0 saturated heterocycles. The quantitative estimate of drug-likeness (QED) is 0.0899. The van der Waals surface area contributed by atoms with Crippen molar-refractivity contribution in [2.45, 2.75) is 23.0 Å². The molecule has 0 aliphatic heterocycles. The maximum Gasteiger partial charge on any atom is 0.335 e. The Bertz CT molecular complexity index is 2330. The predicted molar refractivity (Wildman–Crippen MR) is 202 cm³/mol. The van der Waals surface area contributed by atoms with Crippen LogP contribution in [0.2, 0.25) is 0 Å². The van der Waals surface area contributed by atoms with Crippen molar-refractivity contribution < 1.29 is 28.5 Å². The number of methoxy groups -OCH3 is 2. The zero-order valence-electron chi connectivity index (χ0n) is 29.4. The fourth-order valence-corrected chi connectivity index (χ4v) is 9.46. The minimum atomic E-state index is -1.04. The Morgan fingerprint density at radius 1 is 0.566 bits per heavy atom. The first-order valence-electron chi connectivity index (χ1n) is 17.7. The van der Waals surface area contributed by atoms with Gasteiger partial charge in [-0.3, -0.25) is 4.79 Å². The summed E-state index contributed by atoms with van der Waals surface area (Å²) in [5.74, 6) is -0.716. The van der Waals surface area contributed by atoms with E-state index in [9.17, 15) is 9.59 Å². The standard InChI is InChI=1S/C47H36O6/c1-4-43(48)52-32-25-21-30(22-26-32)46(36-15-7-5-13-34(36)35-14-6-8-16-37(35)46)31-23-27-33(28-24-31)53-44(49)42-29-45(50-2)38-17-9-11-19-40(38)47(42,51-3)41-20-12-10-18-39(41)45/h4-28,42H,1,29H2,2-3H3. The average molecular weight is 697 g/mol. The third-order valence-electron chi connectivity index (χ3n) is 11.6. The molecule has 1 atom stereocenters. The number of esters is 2. The number of fused-ring (bicyclic) bond motifs is 4. The van der Waals surface area contributed by atoms with E-state index in [0.29, 0.717) is 17.9 Å². The van der Waals surface area contributed by atoms with Crippen LogP contribution in [0.5, 0.6) is 11.5 Å². The van der Waals surface area contributed by atoms with Gasteiger partial charge in [0, 0.05) is 26.7 Å². The van der Waals surface area contributed by atoms with Crippen LogP contribution in [-0.4, -0.2) is 26.2 Å². The first kappa shape index (κ1) is 32.8. The lowest BCUT2D eigenvalue weighted by Gasteiger charge is -2.56. The Labute approximate surface area is 308 Å². The summed E-state index contributed by atoms with van der Waals surface area (Å²) in [6, 6.07) is 48.4. The van der Waals surface area contributed by atoms with Gasteiger partial charge in [0.25, 0.3) is 0 Å². The maximum atomic E-state index is 14.5. The molecule has 6 heteroatoms. The van der Waals surface area contributed by atoms with Gasteiger partial charge in [-0.1, -0.05) is 128 Å². The molecule has 2 bridgehead atoms. The topological polar surface area (TPSA) is 71.1 Å². The molecule has 53 heavy (non-hydrogen) atoms. The van der Waals surface area contributed by atoms with E-state index in [-0.39, 0.29) is 5.97 Å². The molecule has 0 N–H and O–H groups in total. The van der Waals surface area contributed by atoms with Gasteiger partial charge in [-0.25, -0.2) is 4.79 Å². The molecule has 0 fully saturated rings. The first-order valence-corrected chi connectivity index (χ1v) is 17.7. The molecule has 260 valence electrons. The molecule has 4 aliphatic rings. The molecule has 1 unspecified atom stereocenters. The number of benzene rings is 6. The number of carbonyl (C=O) groups excluding carboxylic acids is 2. The zero-order valence-corrected chi connectivity index (χ0v) is 29.4. The van der Waals surface area contributed by atoms with E-state index < -0.39 is 28.5 Å². The van der Waals surface area contributed by atoms with Crippen LogP contribution < -0.4 is 9.47 Å². The minimum absolute atomic E-state index is 0.372. The monoisotopic (exact) mass is 696 g/mol. The largest absolute Gasteiger partial charge is 0.426 e. The minimum Gasteiger partial charge on any atom is -0.426 e. The fraction of sp³-hybridized carbons (Fsp3) is 0.149. The summed E-state index contributed by atoms with van der Waals surface area (Å²) in [5, 5.41) is 0. The Hall–Kier alpha value is -6.08. The van der Waals surface area contributed by atoms with E-state index in [0.717, 1.165) is 61.7 Å². The summed E-state index contributed by atoms with van der Waals surface area (Å²) < 4.78 is 24.5. The Balaban J connectivity index is 1.12. The van der Waals surface area contributed by atoms with Crippen LogP contribution in [0.3, 0.4) is 0 Å². The van der Waals surface area contributed by atoms with E-state index in [4.69, 9.17) is 18.9 Å². The van der Waals surface area contributed by atoms with Gasteiger partial charge >= 0.3 is 11.9 Å². The second-order valence-corrected chi connectivity index (χ2v) is 13.8. The van der Waals surface area contributed by atoms with Gasteiger partial charge in [0.1, 0.15) is 22.7 Å². The molecule has 0 spiro atoms. The smallest absolute Gasteiger partial charge is 0.335 e. The van der Waals surface area contributed by atoms with Crippen molar-refractivity contribution in [1.29, 1.82) is 0 Å². The van der Waals surface area contributed by atoms with Gasteiger partial charge < -0.3 is 18.9 Å². The fourth-order valence-electron chi connectivity index (χ4n) is 9.46. The van der Waals surface area contributed by atoms with Crippen LogP contribution in [-0.2, 0) is 35.7 Å². The molecule has 0 heterocycles. The van der Waals surface area contributed by atoms with E-state index in [1.54, 1.807) is 14.2 Å². The van der Waals surface area contributed by atoms with Gasteiger partial charge in [-0.15, -0.1) is 0 Å². The van der Waals surface area contributed by atoms with Gasteiger partial charge in [-0.05, 0) is 79.9 Å². The van der Waals surface area contributed by atoms with Crippen molar-refractivity contribution in [3.8, 4) is 22.6 Å². The van der Waals surface area contributed by atoms with Gasteiger partial charge in [0.15, 0.2) is 0 Å². The summed E-state index contributed by atoms with van der Waals surface area (Å²) in [4.78, 5) is 26.4. The number of rotatable bonds is 8. The van der Waals surface area contributed by atoms with Crippen molar-refractivity contribution in [2.24, 2.45) is 5.92 Å². The molecular weight excluding hydrogens is 661 g/mol. The van der Waals surface area contributed by atoms with Crippen LogP contribution in [0.1, 0.15) is 50.9 Å². The predicted octanol–water partition coefficient (Wildman–Crippen LogP) is 8.86. The highest BCUT2D eigenvalue weighted by atomic mass is 16.5. The number of hydrogen-bond acceptors (Lipinski definition) is 6. The molecule has 6 aromatic carbocycles. The van der Waals surface area contributed by atoms with Gasteiger partial charge in [0.05, 0.1) is 11.3 Å². The number of hydrogen-bond donors (Lipinski definition) is 0. The lowest BCUT2D eigenvalue weighted by molar-refractivity contribution is -0.164. The van der Waals surface area contributed by atoms with Crippen molar-refractivity contribution in [2.75, 3.05) is 14.2 Å². The molecule has 6 nitrogen and oxygen atoms in total. The highest BCUT2D eigenvalue weighted by molar-refractivity contribution is 5.87. The van der Waals surface area contributed by atoms with E-state index >= 15 is 0 Å². The van der Waals surface area contributed by atoms with E-state index in [1.807, 2.05) is 84.9 Å². The average Bonchev–Trinajstić information content (AvgIpc) is 3.52. The van der Waals surface area contributed by atoms with Crippen LogP contribution in [0.15, 0.2) is 158 Å². The third-order valence-corrected chi connectivity index (χ3v) is 11.6. The molecule has 0 aromatic heterocycles. The molecule has 6 aromatic rings. The lowest BCUT2D eigenvalue weighted by atomic mass is 9.54. The maximum absolute atomic E-state index is 14.5. The summed E-state index contributed by atoms with van der Waals surface area (Å²) in [5.41, 5.74) is 7.82. The lowest BCUT2D eigenvalue weighted by Crippen LogP contribution is -2.58. The summed E-state index contributed by atoms with van der Waals surface area (Å²) >= 11 is 0. The van der Waals surface area contributed by atoms with Crippen LogP contribution in [0, 0.1) is 5.92 Å². The second-order valence-electron chi connectivity index (χ2n) is 13.8. The highest BCUT2D eigenvalue weighted by Crippen LogP contribution is 2.63. The van der Waals surface area contributed by atoms with Crippen molar-refractivity contribution in [3.05, 3.63) is 203 Å². The SMILES string of the molecule is C=CC(=O)Oc1ccc(C2(c3ccc(OC(=O)C4CC5(OC)c6ccccc6C4(OC)c4ccccc45)cc3)c3ccccc3-c3ccccc32)cc1. The molecule has 4 aliphatic carbocycles. The third kappa shape index (κ3) is 4.46. The molecular formula is C47H36O6. The first-order chi connectivity index (χ1) is 25.9. The Morgan fingerprint density at radius 2 is 1.00 bits per heavy atom. The zero-order chi connectivity index (χ0) is 36.4. The van der Waals surface area contributed by atoms with Crippen LogP contribution in [0.25, 0.3) is 11.1 Å². The van der Waals surface area contributed by atoms with Crippen LogP contribution in [0.4, 0.5) is 0 Å². The summed E-state index contributed by atoms with van der Waals surface area (Å²) in [6.45, 7) is 3.51. The summed E-state index contributed by atoms with van der Waals surface area (Å²) in [7, 11) is 3.37. The van der Waals surface area contributed by atoms with Gasteiger partial charge in [0.2, 0.25) is 0 Å². The normalized spacial score (nSPS) is 21.1. The van der Waals surface area contributed by atoms with E-state index in [1.165, 1.54) is 0 Å². The molecule has 0 radical (unpaired) electrons. The Morgan fingerprint density at radius 3 is 1.45 bits per heavy atom. The number of ether oxygens (including phenoxy) is 4. The van der Waals surface area contributed by atoms with Crippen molar-refractivity contribution in [1.82, 2.24) is 0 Å².